The first-order chi connectivity index (χ1) is 15.4. The minimum absolute atomic E-state index is 0.113. The predicted molar refractivity (Wildman–Crippen MR) is 128 cm³/mol. The fraction of sp³-hybridized carbons (Fsp3) is 0.125. The third-order valence-corrected chi connectivity index (χ3v) is 6.36. The maximum atomic E-state index is 13.0. The van der Waals surface area contributed by atoms with Crippen LogP contribution in [0.5, 0.6) is 0 Å². The van der Waals surface area contributed by atoms with E-state index in [0.717, 1.165) is 16.8 Å². The second kappa shape index (κ2) is 9.38. The van der Waals surface area contributed by atoms with Crippen molar-refractivity contribution >= 4 is 39.8 Å². The summed E-state index contributed by atoms with van der Waals surface area (Å²) >= 11 is 7.36. The van der Waals surface area contributed by atoms with Gasteiger partial charge in [0.25, 0.3) is 11.8 Å². The number of benzene rings is 2. The van der Waals surface area contributed by atoms with Gasteiger partial charge >= 0.3 is 0 Å². The number of aromatic nitrogens is 2. The van der Waals surface area contributed by atoms with E-state index in [0.29, 0.717) is 27.0 Å². The fourth-order valence-electron chi connectivity index (χ4n) is 3.26. The predicted octanol–water partition coefficient (Wildman–Crippen LogP) is 5.42. The molecule has 8 heteroatoms. The van der Waals surface area contributed by atoms with Gasteiger partial charge in [0, 0.05) is 25.4 Å². The molecule has 1 N–H and O–H groups in total. The van der Waals surface area contributed by atoms with Crippen LogP contribution in [0.25, 0.3) is 5.69 Å². The number of halogens is 1. The SMILES string of the molecule is Cc1cc(NC(=O)c2ccccc2Cl)sc1C(=O)N(C)Cc1cnn(-c2ccccc2)c1. The van der Waals surface area contributed by atoms with E-state index in [1.165, 1.54) is 11.3 Å². The molecule has 0 saturated heterocycles. The lowest BCUT2D eigenvalue weighted by Gasteiger charge is -2.15. The Hall–Kier alpha value is -3.42. The standard InChI is InChI=1S/C24H21ClN4O2S/c1-16-12-21(27-23(30)19-10-6-7-11-20(19)25)32-22(16)24(31)28(2)14-17-13-26-29(15-17)18-8-4-3-5-9-18/h3-13,15H,14H2,1-2H3,(H,27,30). The molecule has 0 aliphatic heterocycles. The molecule has 4 aromatic rings. The Balaban J connectivity index is 1.44. The highest BCUT2D eigenvalue weighted by atomic mass is 35.5. The van der Waals surface area contributed by atoms with Gasteiger partial charge in [-0.25, -0.2) is 4.68 Å². The number of nitrogens with one attached hydrogen (secondary N) is 1. The highest BCUT2D eigenvalue weighted by Gasteiger charge is 2.20. The molecule has 0 atom stereocenters. The number of amides is 2. The van der Waals surface area contributed by atoms with Crippen molar-refractivity contribution in [2.45, 2.75) is 13.5 Å². The number of rotatable bonds is 6. The zero-order chi connectivity index (χ0) is 22.7. The molecule has 2 aromatic carbocycles. The third kappa shape index (κ3) is 4.74. The number of carbonyl (C=O) groups is 2. The maximum absolute atomic E-state index is 13.0. The van der Waals surface area contributed by atoms with Crippen LogP contribution in [0, 0.1) is 6.92 Å². The Morgan fingerprint density at radius 2 is 1.84 bits per heavy atom. The molecular formula is C24H21ClN4O2S. The number of carbonyl (C=O) groups excluding carboxylic acids is 2. The van der Waals surface area contributed by atoms with Gasteiger partial charge < -0.3 is 10.2 Å². The Morgan fingerprint density at radius 1 is 1.12 bits per heavy atom. The highest BCUT2D eigenvalue weighted by molar-refractivity contribution is 7.18. The molecule has 0 aliphatic carbocycles. The van der Waals surface area contributed by atoms with Crippen LogP contribution in [0.3, 0.4) is 0 Å². The lowest BCUT2D eigenvalue weighted by molar-refractivity contribution is 0.0789. The summed E-state index contributed by atoms with van der Waals surface area (Å²) in [5.41, 5.74) is 3.08. The van der Waals surface area contributed by atoms with E-state index in [1.807, 2.05) is 43.5 Å². The number of hydrogen-bond acceptors (Lipinski definition) is 4. The Kier molecular flexibility index (Phi) is 6.39. The van der Waals surface area contributed by atoms with Crippen molar-refractivity contribution in [3.8, 4) is 5.69 Å². The van der Waals surface area contributed by atoms with Crippen LogP contribution in [-0.2, 0) is 6.54 Å². The Bertz CT molecular complexity index is 1270. The Morgan fingerprint density at radius 3 is 2.59 bits per heavy atom. The number of anilines is 1. The smallest absolute Gasteiger partial charge is 0.264 e. The van der Waals surface area contributed by atoms with Gasteiger partial charge in [0.15, 0.2) is 0 Å². The van der Waals surface area contributed by atoms with Crippen LogP contribution in [0.1, 0.15) is 31.2 Å². The van der Waals surface area contributed by atoms with Crippen molar-refractivity contribution < 1.29 is 9.59 Å². The topological polar surface area (TPSA) is 67.2 Å². The van der Waals surface area contributed by atoms with Crippen molar-refractivity contribution in [1.29, 1.82) is 0 Å². The molecule has 0 fully saturated rings. The van der Waals surface area contributed by atoms with Gasteiger partial charge in [-0.15, -0.1) is 11.3 Å². The fourth-order valence-corrected chi connectivity index (χ4v) is 4.55. The molecule has 0 saturated carbocycles. The number of nitrogens with zero attached hydrogens (tertiary/aromatic N) is 3. The molecule has 0 unspecified atom stereocenters. The first-order valence-electron chi connectivity index (χ1n) is 9.93. The van der Waals surface area contributed by atoms with Crippen molar-refractivity contribution in [2.24, 2.45) is 0 Å². The molecule has 0 bridgehead atoms. The van der Waals surface area contributed by atoms with Gasteiger partial charge in [0.05, 0.1) is 32.3 Å². The highest BCUT2D eigenvalue weighted by Crippen LogP contribution is 2.29. The summed E-state index contributed by atoms with van der Waals surface area (Å²) < 4.78 is 1.78. The van der Waals surface area contributed by atoms with E-state index >= 15 is 0 Å². The zero-order valence-corrected chi connectivity index (χ0v) is 19.2. The minimum Gasteiger partial charge on any atom is -0.337 e. The number of thiophene rings is 1. The summed E-state index contributed by atoms with van der Waals surface area (Å²) in [5, 5.41) is 8.20. The summed E-state index contributed by atoms with van der Waals surface area (Å²) in [6.07, 6.45) is 3.67. The monoisotopic (exact) mass is 464 g/mol. The largest absolute Gasteiger partial charge is 0.337 e. The van der Waals surface area contributed by atoms with E-state index < -0.39 is 0 Å². The molecule has 0 radical (unpaired) electrons. The van der Waals surface area contributed by atoms with E-state index in [9.17, 15) is 9.59 Å². The number of aryl methyl sites for hydroxylation is 1. The normalized spacial score (nSPS) is 10.7. The summed E-state index contributed by atoms with van der Waals surface area (Å²) in [4.78, 5) is 27.8. The van der Waals surface area contributed by atoms with Gasteiger partial charge in [-0.2, -0.15) is 5.10 Å². The van der Waals surface area contributed by atoms with Crippen molar-refractivity contribution in [1.82, 2.24) is 14.7 Å². The maximum Gasteiger partial charge on any atom is 0.264 e. The molecule has 32 heavy (non-hydrogen) atoms. The quantitative estimate of drug-likeness (QED) is 0.414. The van der Waals surface area contributed by atoms with Gasteiger partial charge in [0.1, 0.15) is 0 Å². The summed E-state index contributed by atoms with van der Waals surface area (Å²) in [6.45, 7) is 2.28. The van der Waals surface area contributed by atoms with Crippen LogP contribution in [0.2, 0.25) is 5.02 Å². The van der Waals surface area contributed by atoms with E-state index in [-0.39, 0.29) is 11.8 Å². The summed E-state index contributed by atoms with van der Waals surface area (Å²) in [6, 6.07) is 18.4. The summed E-state index contributed by atoms with van der Waals surface area (Å²) in [5.74, 6) is -0.421. The lowest BCUT2D eigenvalue weighted by atomic mass is 10.2. The zero-order valence-electron chi connectivity index (χ0n) is 17.6. The molecule has 4 rings (SSSR count). The average molecular weight is 465 g/mol. The molecule has 0 spiro atoms. The second-order valence-electron chi connectivity index (χ2n) is 7.35. The second-order valence-corrected chi connectivity index (χ2v) is 8.81. The van der Waals surface area contributed by atoms with E-state index in [4.69, 9.17) is 11.6 Å². The van der Waals surface area contributed by atoms with Crippen LogP contribution in [-0.4, -0.2) is 33.5 Å². The molecule has 2 aromatic heterocycles. The average Bonchev–Trinajstić information content (AvgIpc) is 3.40. The molecule has 162 valence electrons. The minimum atomic E-state index is -0.308. The van der Waals surface area contributed by atoms with Crippen LogP contribution in [0.15, 0.2) is 73.1 Å². The van der Waals surface area contributed by atoms with E-state index in [1.54, 1.807) is 53.2 Å². The molecule has 2 heterocycles. The van der Waals surface area contributed by atoms with Crippen LogP contribution >= 0.6 is 22.9 Å². The molecule has 6 nitrogen and oxygen atoms in total. The van der Waals surface area contributed by atoms with Gasteiger partial charge in [-0.1, -0.05) is 41.9 Å². The first-order valence-corrected chi connectivity index (χ1v) is 11.1. The van der Waals surface area contributed by atoms with Crippen molar-refractivity contribution in [3.05, 3.63) is 99.6 Å². The molecular weight excluding hydrogens is 444 g/mol. The van der Waals surface area contributed by atoms with Gasteiger partial charge in [-0.05, 0) is 42.8 Å². The van der Waals surface area contributed by atoms with Gasteiger partial charge in [-0.3, -0.25) is 9.59 Å². The number of para-hydroxylation sites is 1. The lowest BCUT2D eigenvalue weighted by Crippen LogP contribution is -2.25. The molecule has 0 aliphatic rings. The number of hydrogen-bond donors (Lipinski definition) is 1. The van der Waals surface area contributed by atoms with Crippen LogP contribution in [0.4, 0.5) is 5.00 Å². The summed E-state index contributed by atoms with van der Waals surface area (Å²) in [7, 11) is 1.75. The Labute approximate surface area is 195 Å². The van der Waals surface area contributed by atoms with E-state index in [2.05, 4.69) is 10.4 Å². The first kappa shape index (κ1) is 21.8. The van der Waals surface area contributed by atoms with Crippen molar-refractivity contribution in [3.63, 3.8) is 0 Å². The van der Waals surface area contributed by atoms with Crippen molar-refractivity contribution in [2.75, 3.05) is 12.4 Å². The van der Waals surface area contributed by atoms with Crippen LogP contribution < -0.4 is 5.32 Å². The van der Waals surface area contributed by atoms with Gasteiger partial charge in [0.2, 0.25) is 0 Å². The molecule has 2 amide bonds. The third-order valence-electron chi connectivity index (χ3n) is 4.89.